The number of rotatable bonds is 3. The Morgan fingerprint density at radius 3 is 2.46 bits per heavy atom. The maximum Gasteiger partial charge on any atom is 0.494 e. The van der Waals surface area contributed by atoms with Crippen LogP contribution >= 0.6 is 0 Å². The largest absolute Gasteiger partial charge is 0.494 e. The van der Waals surface area contributed by atoms with Crippen LogP contribution in [0.1, 0.15) is 57.9 Å². The van der Waals surface area contributed by atoms with E-state index in [1.807, 2.05) is 64.1 Å². The molecule has 1 aromatic carbocycles. The van der Waals surface area contributed by atoms with E-state index < -0.39 is 24.4 Å². The van der Waals surface area contributed by atoms with Crippen molar-refractivity contribution >= 4 is 12.6 Å². The summed E-state index contributed by atoms with van der Waals surface area (Å²) in [6.45, 7) is 10.7. The molecule has 6 heteroatoms. The van der Waals surface area contributed by atoms with Gasteiger partial charge in [-0.25, -0.2) is 0 Å². The number of ether oxygens (including phenoxy) is 1. The number of benzene rings is 1. The van der Waals surface area contributed by atoms with Gasteiger partial charge in [0.25, 0.3) is 0 Å². The van der Waals surface area contributed by atoms with Crippen LogP contribution in [-0.4, -0.2) is 35.0 Å². The first-order valence-corrected chi connectivity index (χ1v) is 9.91. The van der Waals surface area contributed by atoms with E-state index in [1.165, 1.54) is 0 Å². The van der Waals surface area contributed by atoms with Gasteiger partial charge in [0.1, 0.15) is 5.75 Å². The molecule has 28 heavy (non-hydrogen) atoms. The normalized spacial score (nSPS) is 26.4. The number of aliphatic hydroxyl groups is 1. The molecule has 0 radical (unpaired) electrons. The molecule has 1 saturated heterocycles. The highest BCUT2D eigenvalue weighted by Gasteiger charge is 2.52. The Hall–Kier alpha value is -1.89. The highest BCUT2D eigenvalue weighted by molar-refractivity contribution is 6.62. The number of aliphatic hydroxyl groups excluding tert-OH is 1. The van der Waals surface area contributed by atoms with E-state index in [-0.39, 0.29) is 11.8 Å². The second-order valence-corrected chi connectivity index (χ2v) is 8.85. The van der Waals surface area contributed by atoms with Crippen molar-refractivity contribution in [2.45, 2.75) is 57.8 Å². The van der Waals surface area contributed by atoms with E-state index in [4.69, 9.17) is 14.0 Å². The maximum absolute atomic E-state index is 11.0. The fraction of sp³-hybridized carbons (Fsp3) is 0.500. The molecule has 4 rings (SSSR count). The van der Waals surface area contributed by atoms with Gasteiger partial charge in [0.05, 0.1) is 23.9 Å². The molecular formula is C22H28BNO4. The van der Waals surface area contributed by atoms with Gasteiger partial charge in [-0.1, -0.05) is 25.1 Å². The number of hydrogen-bond acceptors (Lipinski definition) is 5. The van der Waals surface area contributed by atoms with E-state index in [0.717, 1.165) is 16.7 Å². The maximum atomic E-state index is 11.0. The van der Waals surface area contributed by atoms with E-state index in [2.05, 4.69) is 11.9 Å². The average Bonchev–Trinajstić information content (AvgIpc) is 2.89. The minimum absolute atomic E-state index is 0.0508. The van der Waals surface area contributed by atoms with E-state index in [1.54, 1.807) is 6.20 Å². The summed E-state index contributed by atoms with van der Waals surface area (Å²) >= 11 is 0. The van der Waals surface area contributed by atoms with Crippen LogP contribution in [0.5, 0.6) is 5.75 Å². The predicted molar refractivity (Wildman–Crippen MR) is 109 cm³/mol. The number of aromatic nitrogens is 1. The van der Waals surface area contributed by atoms with Crippen molar-refractivity contribution in [3.8, 4) is 5.75 Å². The fourth-order valence-electron chi connectivity index (χ4n) is 3.84. The molecule has 3 heterocycles. The molecule has 5 nitrogen and oxygen atoms in total. The van der Waals surface area contributed by atoms with Crippen LogP contribution in [0, 0.1) is 5.92 Å². The third-order valence-corrected chi connectivity index (χ3v) is 6.52. The standard InChI is InChI=1S/C22H28BNO4/c1-14(18-8-6-7-11-24-18)17-13-26-19-12-15(9-10-16(19)20(17)25)23-27-21(2,3)22(4,5)28-23/h6-12,14,17,20,25H,13H2,1-5H3/t14?,17-,20+/m0/s1. The molecule has 1 unspecified atom stereocenters. The highest BCUT2D eigenvalue weighted by atomic mass is 16.7. The molecular weight excluding hydrogens is 353 g/mol. The monoisotopic (exact) mass is 381 g/mol. The molecule has 3 atom stereocenters. The summed E-state index contributed by atoms with van der Waals surface area (Å²) in [5, 5.41) is 11.0. The van der Waals surface area contributed by atoms with Crippen LogP contribution in [0.25, 0.3) is 0 Å². The third kappa shape index (κ3) is 3.23. The van der Waals surface area contributed by atoms with Crippen molar-refractivity contribution in [1.29, 1.82) is 0 Å². The Morgan fingerprint density at radius 2 is 1.82 bits per heavy atom. The molecule has 0 spiro atoms. The van der Waals surface area contributed by atoms with Crippen molar-refractivity contribution in [2.24, 2.45) is 5.92 Å². The summed E-state index contributed by atoms with van der Waals surface area (Å²) in [6, 6.07) is 11.7. The van der Waals surface area contributed by atoms with Crippen molar-refractivity contribution in [3.63, 3.8) is 0 Å². The van der Waals surface area contributed by atoms with E-state index >= 15 is 0 Å². The van der Waals surface area contributed by atoms with E-state index in [0.29, 0.717) is 12.4 Å². The first kappa shape index (κ1) is 19.4. The van der Waals surface area contributed by atoms with Gasteiger partial charge in [-0.05, 0) is 51.4 Å². The molecule has 148 valence electrons. The summed E-state index contributed by atoms with van der Waals surface area (Å²) in [5.41, 5.74) is 1.89. The lowest BCUT2D eigenvalue weighted by atomic mass is 9.76. The summed E-state index contributed by atoms with van der Waals surface area (Å²) < 4.78 is 18.3. The molecule has 0 aliphatic carbocycles. The minimum atomic E-state index is -0.604. The lowest BCUT2D eigenvalue weighted by Gasteiger charge is -2.34. The Labute approximate surface area is 167 Å². The van der Waals surface area contributed by atoms with Crippen LogP contribution in [-0.2, 0) is 9.31 Å². The summed E-state index contributed by atoms with van der Waals surface area (Å²) in [7, 11) is -0.443. The number of fused-ring (bicyclic) bond motifs is 1. The Morgan fingerprint density at radius 1 is 1.11 bits per heavy atom. The Kier molecular flexibility index (Phi) is 4.77. The summed E-state index contributed by atoms with van der Waals surface area (Å²) in [6.07, 6.45) is 1.18. The lowest BCUT2D eigenvalue weighted by molar-refractivity contribution is 0.00578. The van der Waals surface area contributed by atoms with Gasteiger partial charge in [-0.3, -0.25) is 4.98 Å². The van der Waals surface area contributed by atoms with Gasteiger partial charge >= 0.3 is 7.12 Å². The first-order valence-electron chi connectivity index (χ1n) is 9.91. The molecule has 0 bridgehead atoms. The predicted octanol–water partition coefficient (Wildman–Crippen LogP) is 3.23. The zero-order valence-corrected chi connectivity index (χ0v) is 17.2. The van der Waals surface area contributed by atoms with Crippen LogP contribution in [0.3, 0.4) is 0 Å². The summed E-state index contributed by atoms with van der Waals surface area (Å²) in [5.74, 6) is 0.737. The Balaban J connectivity index is 1.56. The topological polar surface area (TPSA) is 60.8 Å². The highest BCUT2D eigenvalue weighted by Crippen LogP contribution is 2.42. The van der Waals surface area contributed by atoms with Gasteiger partial charge in [0.15, 0.2) is 0 Å². The number of hydrogen-bond donors (Lipinski definition) is 1. The van der Waals surface area contributed by atoms with Crippen LogP contribution in [0.15, 0.2) is 42.6 Å². The number of pyridine rings is 1. The molecule has 0 amide bonds. The summed E-state index contributed by atoms with van der Waals surface area (Å²) in [4.78, 5) is 4.44. The van der Waals surface area contributed by atoms with Gasteiger partial charge < -0.3 is 19.2 Å². The SMILES string of the molecule is CC(c1ccccn1)[C@@H]1COc2cc(B3OC(C)(C)C(C)(C)O3)ccc2[C@H]1O. The van der Waals surface area contributed by atoms with Gasteiger partial charge in [0, 0.05) is 29.3 Å². The molecule has 0 saturated carbocycles. The zero-order chi connectivity index (χ0) is 20.1. The van der Waals surface area contributed by atoms with Gasteiger partial charge in [-0.2, -0.15) is 0 Å². The molecule has 2 aliphatic heterocycles. The van der Waals surface area contributed by atoms with Crippen LogP contribution < -0.4 is 10.2 Å². The average molecular weight is 381 g/mol. The van der Waals surface area contributed by atoms with E-state index in [9.17, 15) is 5.11 Å². The molecule has 2 aromatic rings. The van der Waals surface area contributed by atoms with Crippen LogP contribution in [0.2, 0.25) is 0 Å². The van der Waals surface area contributed by atoms with Crippen molar-refractivity contribution < 1.29 is 19.2 Å². The number of nitrogens with zero attached hydrogens (tertiary/aromatic N) is 1. The fourth-order valence-corrected chi connectivity index (χ4v) is 3.84. The van der Waals surface area contributed by atoms with Crippen molar-refractivity contribution in [3.05, 3.63) is 53.9 Å². The zero-order valence-electron chi connectivity index (χ0n) is 17.2. The molecule has 1 fully saturated rings. The Bertz CT molecular complexity index is 839. The first-order chi connectivity index (χ1) is 13.2. The molecule has 1 aromatic heterocycles. The third-order valence-electron chi connectivity index (χ3n) is 6.52. The second-order valence-electron chi connectivity index (χ2n) is 8.85. The van der Waals surface area contributed by atoms with Gasteiger partial charge in [0.2, 0.25) is 0 Å². The smallest absolute Gasteiger partial charge is 0.493 e. The van der Waals surface area contributed by atoms with Crippen molar-refractivity contribution in [2.75, 3.05) is 6.61 Å². The molecule has 1 N–H and O–H groups in total. The van der Waals surface area contributed by atoms with Crippen LogP contribution in [0.4, 0.5) is 0 Å². The molecule has 2 aliphatic rings. The minimum Gasteiger partial charge on any atom is -0.493 e. The van der Waals surface area contributed by atoms with Gasteiger partial charge in [-0.15, -0.1) is 0 Å². The second kappa shape index (κ2) is 6.87. The van der Waals surface area contributed by atoms with Crippen molar-refractivity contribution in [1.82, 2.24) is 4.98 Å². The lowest BCUT2D eigenvalue weighted by Crippen LogP contribution is -2.41. The quantitative estimate of drug-likeness (QED) is 0.828.